The number of likely N-dealkylation sites (N-methyl/N-ethyl adjacent to an activating group) is 1. The van der Waals surface area contributed by atoms with Gasteiger partial charge in [-0.2, -0.15) is 5.10 Å². The first-order chi connectivity index (χ1) is 12.1. The van der Waals surface area contributed by atoms with Gasteiger partial charge in [-0.05, 0) is 24.3 Å². The zero-order valence-corrected chi connectivity index (χ0v) is 15.2. The minimum absolute atomic E-state index is 0.114. The van der Waals surface area contributed by atoms with E-state index >= 15 is 0 Å². The summed E-state index contributed by atoms with van der Waals surface area (Å²) in [6, 6.07) is 10.8. The minimum Gasteiger partial charge on any atom is -0.340 e. The van der Waals surface area contributed by atoms with E-state index in [1.165, 1.54) is 31.2 Å². The normalized spacial score (nSPS) is 16.1. The van der Waals surface area contributed by atoms with Crippen LogP contribution in [0.2, 0.25) is 0 Å². The Balaban J connectivity index is 1.59. The molecule has 1 aromatic carbocycles. The van der Waals surface area contributed by atoms with Crippen molar-refractivity contribution in [2.75, 3.05) is 13.6 Å². The number of nitrogens with one attached hydrogen (secondary N) is 1. The molecular weight excluding hydrogens is 312 g/mol. The molecule has 1 saturated carbocycles. The van der Waals surface area contributed by atoms with Crippen LogP contribution in [0.3, 0.4) is 0 Å². The van der Waals surface area contributed by atoms with Crippen LogP contribution in [0.15, 0.2) is 42.7 Å². The minimum atomic E-state index is 0.114. The molecule has 0 unspecified atom stereocenters. The van der Waals surface area contributed by atoms with Crippen LogP contribution in [0, 0.1) is 5.92 Å². The van der Waals surface area contributed by atoms with Crippen LogP contribution in [0.25, 0.3) is 0 Å². The Morgan fingerprint density at radius 3 is 2.68 bits per heavy atom. The van der Waals surface area contributed by atoms with Crippen LogP contribution in [0.1, 0.15) is 42.9 Å². The number of hydrogen-bond acceptors (Lipinski definition) is 3. The molecule has 25 heavy (non-hydrogen) atoms. The molecule has 2 aromatic rings. The Hall–Kier alpha value is -2.14. The summed E-state index contributed by atoms with van der Waals surface area (Å²) < 4.78 is 1.76. The van der Waals surface area contributed by atoms with E-state index in [-0.39, 0.29) is 11.9 Å². The van der Waals surface area contributed by atoms with Crippen molar-refractivity contribution >= 4 is 5.91 Å². The number of aryl methyl sites for hydroxylation is 1. The lowest BCUT2D eigenvalue weighted by Crippen LogP contribution is -2.38. The van der Waals surface area contributed by atoms with Gasteiger partial charge in [-0.1, -0.05) is 43.2 Å². The molecule has 0 aliphatic heterocycles. The van der Waals surface area contributed by atoms with E-state index in [4.69, 9.17) is 0 Å². The smallest absolute Gasteiger partial charge is 0.236 e. The number of benzene rings is 1. The maximum absolute atomic E-state index is 12.5. The molecule has 1 amide bonds. The molecule has 0 saturated heterocycles. The average molecular weight is 340 g/mol. The van der Waals surface area contributed by atoms with Crippen LogP contribution >= 0.6 is 0 Å². The molecule has 134 valence electrons. The second-order valence-corrected chi connectivity index (χ2v) is 7.09. The third-order valence-corrected chi connectivity index (χ3v) is 5.11. The van der Waals surface area contributed by atoms with Crippen molar-refractivity contribution in [3.05, 3.63) is 53.9 Å². The van der Waals surface area contributed by atoms with Gasteiger partial charge in [-0.3, -0.25) is 9.48 Å². The van der Waals surface area contributed by atoms with Gasteiger partial charge in [-0.15, -0.1) is 0 Å². The summed E-state index contributed by atoms with van der Waals surface area (Å²) >= 11 is 0. The molecule has 1 heterocycles. The molecule has 1 aliphatic rings. The van der Waals surface area contributed by atoms with E-state index in [0.717, 1.165) is 5.56 Å². The highest BCUT2D eigenvalue weighted by Gasteiger charge is 2.26. The summed E-state index contributed by atoms with van der Waals surface area (Å²) in [4.78, 5) is 14.3. The number of hydrogen-bond donors (Lipinski definition) is 1. The molecule has 5 heteroatoms. The van der Waals surface area contributed by atoms with E-state index in [1.54, 1.807) is 9.58 Å². The SMILES string of the molecule is CN(Cc1cnn(C)c1)C(=O)CN[C@H](c1ccccc1)C1CCCC1. The van der Waals surface area contributed by atoms with Crippen LogP contribution in [-0.2, 0) is 18.4 Å². The van der Waals surface area contributed by atoms with Crippen molar-refractivity contribution < 1.29 is 4.79 Å². The van der Waals surface area contributed by atoms with E-state index in [2.05, 4.69) is 34.7 Å². The summed E-state index contributed by atoms with van der Waals surface area (Å²) in [6.45, 7) is 0.959. The number of nitrogens with zero attached hydrogens (tertiary/aromatic N) is 3. The molecule has 1 aliphatic carbocycles. The lowest BCUT2D eigenvalue weighted by Gasteiger charge is -2.26. The predicted octanol–water partition coefficient (Wildman–Crippen LogP) is 2.90. The van der Waals surface area contributed by atoms with Crippen molar-refractivity contribution in [1.29, 1.82) is 0 Å². The van der Waals surface area contributed by atoms with Crippen LogP contribution < -0.4 is 5.32 Å². The van der Waals surface area contributed by atoms with E-state index in [9.17, 15) is 4.79 Å². The molecule has 1 aromatic heterocycles. The maximum Gasteiger partial charge on any atom is 0.236 e. The van der Waals surface area contributed by atoms with Crippen LogP contribution in [0.5, 0.6) is 0 Å². The number of aromatic nitrogens is 2. The zero-order chi connectivity index (χ0) is 17.6. The van der Waals surface area contributed by atoms with Crippen molar-refractivity contribution in [2.45, 2.75) is 38.3 Å². The zero-order valence-electron chi connectivity index (χ0n) is 15.2. The van der Waals surface area contributed by atoms with E-state index in [0.29, 0.717) is 19.0 Å². The molecule has 3 rings (SSSR count). The van der Waals surface area contributed by atoms with Crippen molar-refractivity contribution in [2.24, 2.45) is 13.0 Å². The first kappa shape index (κ1) is 17.7. The molecule has 1 N–H and O–H groups in total. The summed E-state index contributed by atoms with van der Waals surface area (Å²) in [5, 5.41) is 7.70. The standard InChI is InChI=1S/C20H28N4O/c1-23(14-16-12-22-24(2)15-16)19(25)13-21-20(18-10-6-7-11-18)17-8-4-3-5-9-17/h3-5,8-9,12,15,18,20-21H,6-7,10-11,13-14H2,1-2H3/t20-/m1/s1. The van der Waals surface area contributed by atoms with E-state index in [1.807, 2.05) is 32.6 Å². The fraction of sp³-hybridized carbons (Fsp3) is 0.500. The largest absolute Gasteiger partial charge is 0.340 e. The molecule has 1 fully saturated rings. The topological polar surface area (TPSA) is 50.2 Å². The summed E-state index contributed by atoms with van der Waals surface area (Å²) in [6.07, 6.45) is 8.83. The summed E-state index contributed by atoms with van der Waals surface area (Å²) in [5.41, 5.74) is 2.34. The first-order valence-electron chi connectivity index (χ1n) is 9.13. The fourth-order valence-electron chi connectivity index (χ4n) is 3.76. The molecule has 0 radical (unpaired) electrons. The highest BCUT2D eigenvalue weighted by molar-refractivity contribution is 5.78. The van der Waals surface area contributed by atoms with Crippen molar-refractivity contribution in [1.82, 2.24) is 20.0 Å². The van der Waals surface area contributed by atoms with Gasteiger partial charge in [0.25, 0.3) is 0 Å². The van der Waals surface area contributed by atoms with Gasteiger partial charge in [0.05, 0.1) is 12.7 Å². The monoisotopic (exact) mass is 340 g/mol. The molecular formula is C20H28N4O. The Morgan fingerprint density at radius 1 is 1.32 bits per heavy atom. The van der Waals surface area contributed by atoms with Crippen LogP contribution in [-0.4, -0.2) is 34.2 Å². The van der Waals surface area contributed by atoms with Crippen molar-refractivity contribution in [3.8, 4) is 0 Å². The number of carbonyl (C=O) groups is 1. The average Bonchev–Trinajstić information content (AvgIpc) is 3.28. The number of rotatable bonds is 7. The highest BCUT2D eigenvalue weighted by atomic mass is 16.2. The Morgan fingerprint density at radius 2 is 2.04 bits per heavy atom. The van der Waals surface area contributed by atoms with Gasteiger partial charge in [0.1, 0.15) is 0 Å². The van der Waals surface area contributed by atoms with Gasteiger partial charge >= 0.3 is 0 Å². The Bertz CT molecular complexity index is 676. The fourth-order valence-corrected chi connectivity index (χ4v) is 3.76. The highest BCUT2D eigenvalue weighted by Crippen LogP contribution is 2.35. The van der Waals surface area contributed by atoms with Gasteiger partial charge in [-0.25, -0.2) is 0 Å². The molecule has 1 atom stereocenters. The number of amides is 1. The summed E-state index contributed by atoms with van der Waals surface area (Å²) in [5.74, 6) is 0.738. The lowest BCUT2D eigenvalue weighted by atomic mass is 9.91. The van der Waals surface area contributed by atoms with Gasteiger partial charge in [0, 0.05) is 38.4 Å². The maximum atomic E-state index is 12.5. The second-order valence-electron chi connectivity index (χ2n) is 7.09. The molecule has 0 bridgehead atoms. The molecule has 5 nitrogen and oxygen atoms in total. The second kappa shape index (κ2) is 8.30. The van der Waals surface area contributed by atoms with Gasteiger partial charge < -0.3 is 10.2 Å². The Kier molecular flexibility index (Phi) is 5.87. The van der Waals surface area contributed by atoms with Gasteiger partial charge in [0.2, 0.25) is 5.91 Å². The molecule has 0 spiro atoms. The van der Waals surface area contributed by atoms with Crippen molar-refractivity contribution in [3.63, 3.8) is 0 Å². The Labute approximate surface area is 150 Å². The predicted molar refractivity (Wildman–Crippen MR) is 98.8 cm³/mol. The number of carbonyl (C=O) groups excluding carboxylic acids is 1. The third-order valence-electron chi connectivity index (χ3n) is 5.11. The quantitative estimate of drug-likeness (QED) is 0.843. The summed E-state index contributed by atoms with van der Waals surface area (Å²) in [7, 11) is 3.74. The van der Waals surface area contributed by atoms with Crippen LogP contribution in [0.4, 0.5) is 0 Å². The first-order valence-corrected chi connectivity index (χ1v) is 9.13. The van der Waals surface area contributed by atoms with Gasteiger partial charge in [0.15, 0.2) is 0 Å². The third kappa shape index (κ3) is 4.69. The lowest BCUT2D eigenvalue weighted by molar-refractivity contribution is -0.129. The van der Waals surface area contributed by atoms with E-state index < -0.39 is 0 Å².